The Hall–Kier alpha value is -2.42. The lowest BCUT2D eigenvalue weighted by Gasteiger charge is -2.02. The molecular formula is C15H12FNO. The van der Waals surface area contributed by atoms with Crippen LogP contribution in [0.25, 0.3) is 6.08 Å². The van der Waals surface area contributed by atoms with Gasteiger partial charge in [-0.15, -0.1) is 0 Å². The average Bonchev–Trinajstić information content (AvgIpc) is 2.40. The van der Waals surface area contributed by atoms with Crippen LogP contribution in [0.5, 0.6) is 0 Å². The fourth-order valence-electron chi connectivity index (χ4n) is 1.47. The van der Waals surface area contributed by atoms with Crippen molar-refractivity contribution < 1.29 is 9.18 Å². The highest BCUT2D eigenvalue weighted by Crippen LogP contribution is 2.12. The van der Waals surface area contributed by atoms with Gasteiger partial charge in [0.15, 0.2) is 0 Å². The Kier molecular flexibility index (Phi) is 3.86. The summed E-state index contributed by atoms with van der Waals surface area (Å²) < 4.78 is 13.3. The maximum atomic E-state index is 13.3. The lowest BCUT2D eigenvalue weighted by Crippen LogP contribution is -2.08. The smallest absolute Gasteiger partial charge is 0.248 e. The maximum Gasteiger partial charge on any atom is 0.248 e. The van der Waals surface area contributed by atoms with Gasteiger partial charge in [0.05, 0.1) is 5.69 Å². The van der Waals surface area contributed by atoms with Crippen LogP contribution in [-0.2, 0) is 4.79 Å². The topological polar surface area (TPSA) is 29.1 Å². The number of para-hydroxylation sites is 1. The van der Waals surface area contributed by atoms with E-state index in [0.717, 1.165) is 5.56 Å². The molecule has 0 heterocycles. The largest absolute Gasteiger partial charge is 0.320 e. The third-order valence-corrected chi connectivity index (χ3v) is 2.36. The molecule has 90 valence electrons. The van der Waals surface area contributed by atoms with E-state index in [1.165, 1.54) is 18.2 Å². The number of carbonyl (C=O) groups is 1. The summed E-state index contributed by atoms with van der Waals surface area (Å²) in [5, 5.41) is 2.48. The molecule has 3 heteroatoms. The zero-order valence-corrected chi connectivity index (χ0v) is 9.64. The first-order valence-electron chi connectivity index (χ1n) is 5.54. The number of nitrogens with one attached hydrogen (secondary N) is 1. The van der Waals surface area contributed by atoms with E-state index < -0.39 is 5.82 Å². The number of anilines is 1. The van der Waals surface area contributed by atoms with Crippen molar-refractivity contribution in [1.29, 1.82) is 0 Å². The highest BCUT2D eigenvalue weighted by molar-refractivity contribution is 6.01. The Balaban J connectivity index is 2.02. The van der Waals surface area contributed by atoms with E-state index in [1.54, 1.807) is 18.2 Å². The second-order valence-corrected chi connectivity index (χ2v) is 3.71. The molecule has 0 atom stereocenters. The minimum atomic E-state index is -0.445. The van der Waals surface area contributed by atoms with E-state index in [4.69, 9.17) is 0 Å². The van der Waals surface area contributed by atoms with Crippen molar-refractivity contribution in [2.24, 2.45) is 0 Å². The third-order valence-electron chi connectivity index (χ3n) is 2.36. The predicted molar refractivity (Wildman–Crippen MR) is 70.5 cm³/mol. The molecule has 2 nitrogen and oxygen atoms in total. The molecular weight excluding hydrogens is 229 g/mol. The van der Waals surface area contributed by atoms with E-state index >= 15 is 0 Å². The standard InChI is InChI=1S/C15H12FNO/c16-13-8-4-5-9-14(13)17-15(18)11-10-12-6-2-1-3-7-12/h1-11H,(H,17,18)/b11-10-. The maximum absolute atomic E-state index is 13.3. The molecule has 0 saturated heterocycles. The van der Waals surface area contributed by atoms with Crippen molar-refractivity contribution in [3.63, 3.8) is 0 Å². The second-order valence-electron chi connectivity index (χ2n) is 3.71. The monoisotopic (exact) mass is 241 g/mol. The van der Waals surface area contributed by atoms with Gasteiger partial charge in [-0.25, -0.2) is 4.39 Å². The normalized spacial score (nSPS) is 10.5. The van der Waals surface area contributed by atoms with Crippen LogP contribution < -0.4 is 5.32 Å². The summed E-state index contributed by atoms with van der Waals surface area (Å²) in [7, 11) is 0. The van der Waals surface area contributed by atoms with Gasteiger partial charge in [0.1, 0.15) is 5.82 Å². The van der Waals surface area contributed by atoms with Crippen molar-refractivity contribution in [2.75, 3.05) is 5.32 Å². The van der Waals surface area contributed by atoms with Crippen LogP contribution >= 0.6 is 0 Å². The number of benzene rings is 2. The number of hydrogen-bond donors (Lipinski definition) is 1. The van der Waals surface area contributed by atoms with E-state index in [2.05, 4.69) is 5.32 Å². The van der Waals surface area contributed by atoms with Crippen molar-refractivity contribution >= 4 is 17.7 Å². The first-order valence-corrected chi connectivity index (χ1v) is 5.54. The summed E-state index contributed by atoms with van der Waals surface area (Å²) in [5.74, 6) is -0.803. The van der Waals surface area contributed by atoms with Gasteiger partial charge in [0.2, 0.25) is 5.91 Å². The van der Waals surface area contributed by atoms with Crippen LogP contribution in [0.4, 0.5) is 10.1 Å². The summed E-state index contributed by atoms with van der Waals surface area (Å²) in [5.41, 5.74) is 1.10. The van der Waals surface area contributed by atoms with Crippen LogP contribution in [0.2, 0.25) is 0 Å². The summed E-state index contributed by atoms with van der Waals surface area (Å²) >= 11 is 0. The quantitative estimate of drug-likeness (QED) is 0.819. The summed E-state index contributed by atoms with van der Waals surface area (Å²) in [6.07, 6.45) is 3.05. The van der Waals surface area contributed by atoms with Gasteiger partial charge >= 0.3 is 0 Å². The molecule has 2 rings (SSSR count). The highest BCUT2D eigenvalue weighted by atomic mass is 19.1. The molecule has 0 bridgehead atoms. The Morgan fingerprint density at radius 3 is 2.39 bits per heavy atom. The van der Waals surface area contributed by atoms with Crippen molar-refractivity contribution in [3.8, 4) is 0 Å². The lowest BCUT2D eigenvalue weighted by atomic mass is 10.2. The molecule has 2 aromatic carbocycles. The van der Waals surface area contributed by atoms with Crippen molar-refractivity contribution in [2.45, 2.75) is 0 Å². The third kappa shape index (κ3) is 3.28. The van der Waals surface area contributed by atoms with Gasteiger partial charge in [-0.2, -0.15) is 0 Å². The Morgan fingerprint density at radius 2 is 1.67 bits per heavy atom. The number of amides is 1. The number of hydrogen-bond acceptors (Lipinski definition) is 1. The molecule has 0 saturated carbocycles. The molecule has 18 heavy (non-hydrogen) atoms. The molecule has 0 spiro atoms. The summed E-state index contributed by atoms with van der Waals surface area (Å²) in [6, 6.07) is 15.5. The second kappa shape index (κ2) is 5.77. The Morgan fingerprint density at radius 1 is 1.00 bits per heavy atom. The van der Waals surface area contributed by atoms with Gasteiger partial charge in [0, 0.05) is 6.08 Å². The SMILES string of the molecule is O=C(/C=C\c1ccccc1)Nc1ccccc1F. The summed E-state index contributed by atoms with van der Waals surface area (Å²) in [6.45, 7) is 0. The fraction of sp³-hybridized carbons (Fsp3) is 0. The fourth-order valence-corrected chi connectivity index (χ4v) is 1.47. The molecule has 0 unspecified atom stereocenters. The molecule has 0 radical (unpaired) electrons. The van der Waals surface area contributed by atoms with Gasteiger partial charge in [-0.05, 0) is 23.8 Å². The Labute approximate surface area is 105 Å². The van der Waals surface area contributed by atoms with E-state index in [-0.39, 0.29) is 11.6 Å². The minimum absolute atomic E-state index is 0.181. The highest BCUT2D eigenvalue weighted by Gasteiger charge is 2.02. The first-order chi connectivity index (χ1) is 8.75. The van der Waals surface area contributed by atoms with Gasteiger partial charge < -0.3 is 5.32 Å². The van der Waals surface area contributed by atoms with E-state index in [1.807, 2.05) is 30.3 Å². The van der Waals surface area contributed by atoms with E-state index in [0.29, 0.717) is 0 Å². The molecule has 1 amide bonds. The predicted octanol–water partition coefficient (Wildman–Crippen LogP) is 3.48. The minimum Gasteiger partial charge on any atom is -0.320 e. The lowest BCUT2D eigenvalue weighted by molar-refractivity contribution is -0.111. The van der Waals surface area contributed by atoms with Crippen LogP contribution in [0.1, 0.15) is 5.56 Å². The Bertz CT molecular complexity index is 564. The first kappa shape index (κ1) is 12.0. The molecule has 0 fully saturated rings. The molecule has 0 aromatic heterocycles. The van der Waals surface area contributed by atoms with Gasteiger partial charge in [0.25, 0.3) is 0 Å². The molecule has 0 aliphatic carbocycles. The number of halogens is 1. The number of rotatable bonds is 3. The van der Waals surface area contributed by atoms with Gasteiger partial charge in [-0.3, -0.25) is 4.79 Å². The van der Waals surface area contributed by atoms with E-state index in [9.17, 15) is 9.18 Å². The zero-order chi connectivity index (χ0) is 12.8. The molecule has 2 aromatic rings. The molecule has 0 aliphatic rings. The van der Waals surface area contributed by atoms with Crippen LogP contribution in [0.15, 0.2) is 60.7 Å². The molecule has 0 aliphatic heterocycles. The van der Waals surface area contributed by atoms with Gasteiger partial charge in [-0.1, -0.05) is 42.5 Å². The number of carbonyl (C=O) groups excluding carboxylic acids is 1. The van der Waals surface area contributed by atoms with Crippen molar-refractivity contribution in [1.82, 2.24) is 0 Å². The van der Waals surface area contributed by atoms with Crippen molar-refractivity contribution in [3.05, 3.63) is 72.1 Å². The summed E-state index contributed by atoms with van der Waals surface area (Å²) in [4.78, 5) is 11.6. The van der Waals surface area contributed by atoms with Crippen LogP contribution in [0, 0.1) is 5.82 Å². The molecule has 1 N–H and O–H groups in total. The zero-order valence-electron chi connectivity index (χ0n) is 9.64. The average molecular weight is 241 g/mol. The van der Waals surface area contributed by atoms with Crippen LogP contribution in [-0.4, -0.2) is 5.91 Å². The van der Waals surface area contributed by atoms with Crippen LogP contribution in [0.3, 0.4) is 0 Å².